The number of aliphatic hydroxyl groups excluding tert-OH is 1. The Morgan fingerprint density at radius 1 is 1.07 bits per heavy atom. The minimum absolute atomic E-state index is 0.275. The molecule has 6 nitrogen and oxygen atoms in total. The number of aromatic nitrogens is 2. The van der Waals surface area contributed by atoms with Crippen molar-refractivity contribution < 1.29 is 9.84 Å². The second kappa shape index (κ2) is 10.9. The first-order valence-electron chi connectivity index (χ1n) is 10.3. The van der Waals surface area contributed by atoms with Gasteiger partial charge in [-0.05, 0) is 37.2 Å². The smallest absolute Gasteiger partial charge is 0.119 e. The molecule has 30 heavy (non-hydrogen) atoms. The zero-order valence-corrected chi connectivity index (χ0v) is 18.1. The van der Waals surface area contributed by atoms with Crippen LogP contribution in [0.2, 0.25) is 0 Å². The molecule has 0 saturated heterocycles. The summed E-state index contributed by atoms with van der Waals surface area (Å²) in [6.45, 7) is 5.24. The van der Waals surface area contributed by atoms with Gasteiger partial charge < -0.3 is 15.2 Å². The average molecular weight is 409 g/mol. The summed E-state index contributed by atoms with van der Waals surface area (Å²) in [6, 6.07) is 18.2. The monoisotopic (exact) mass is 408 g/mol. The Kier molecular flexibility index (Phi) is 8.02. The standard InChI is InChI=1S/C24H32N4O2/c1-19-22(16-28(3)26-19)14-25-13-20-9-11-24(12-10-20)30-18-23(29)17-27(2)15-21-7-5-4-6-8-21/h4-12,16,23,25,29H,13-15,17-18H2,1-3H3/t23-/m1/s1. The van der Waals surface area contributed by atoms with Gasteiger partial charge in [-0.3, -0.25) is 9.58 Å². The maximum absolute atomic E-state index is 10.3. The van der Waals surface area contributed by atoms with Gasteiger partial charge in [0.2, 0.25) is 0 Å². The number of benzene rings is 2. The van der Waals surface area contributed by atoms with E-state index in [1.165, 1.54) is 16.7 Å². The van der Waals surface area contributed by atoms with E-state index < -0.39 is 6.10 Å². The third-order valence-corrected chi connectivity index (χ3v) is 4.94. The van der Waals surface area contributed by atoms with E-state index in [0.717, 1.165) is 31.1 Å². The van der Waals surface area contributed by atoms with Gasteiger partial charge in [-0.2, -0.15) is 5.10 Å². The van der Waals surface area contributed by atoms with Gasteiger partial charge in [0.1, 0.15) is 18.5 Å². The Labute approximate surface area is 179 Å². The predicted octanol–water partition coefficient (Wildman–Crippen LogP) is 2.89. The lowest BCUT2D eigenvalue weighted by molar-refractivity contribution is 0.0744. The molecule has 0 bridgehead atoms. The molecular weight excluding hydrogens is 376 g/mol. The number of nitrogens with one attached hydrogen (secondary N) is 1. The van der Waals surface area contributed by atoms with Crippen molar-refractivity contribution in [1.82, 2.24) is 20.0 Å². The zero-order chi connectivity index (χ0) is 21.3. The molecule has 160 valence electrons. The van der Waals surface area contributed by atoms with Crippen molar-refractivity contribution in [2.75, 3.05) is 20.2 Å². The molecule has 6 heteroatoms. The van der Waals surface area contributed by atoms with Gasteiger partial charge in [-0.1, -0.05) is 42.5 Å². The Morgan fingerprint density at radius 2 is 1.80 bits per heavy atom. The van der Waals surface area contributed by atoms with Crippen LogP contribution in [0.4, 0.5) is 0 Å². The summed E-state index contributed by atoms with van der Waals surface area (Å²) in [4.78, 5) is 2.10. The van der Waals surface area contributed by atoms with Gasteiger partial charge in [0.25, 0.3) is 0 Å². The summed E-state index contributed by atoms with van der Waals surface area (Å²) in [5, 5.41) is 18.1. The highest BCUT2D eigenvalue weighted by Gasteiger charge is 2.10. The number of aliphatic hydroxyl groups is 1. The van der Waals surface area contributed by atoms with E-state index in [9.17, 15) is 5.11 Å². The maximum Gasteiger partial charge on any atom is 0.119 e. The van der Waals surface area contributed by atoms with E-state index >= 15 is 0 Å². The first-order chi connectivity index (χ1) is 14.5. The summed E-state index contributed by atoms with van der Waals surface area (Å²) in [7, 11) is 3.94. The lowest BCUT2D eigenvalue weighted by Crippen LogP contribution is -2.32. The van der Waals surface area contributed by atoms with E-state index in [1.807, 2.05) is 74.4 Å². The second-order valence-electron chi connectivity index (χ2n) is 7.81. The first kappa shape index (κ1) is 22.0. The molecule has 0 aliphatic carbocycles. The lowest BCUT2D eigenvalue weighted by Gasteiger charge is -2.21. The third kappa shape index (κ3) is 6.99. The maximum atomic E-state index is 10.3. The normalized spacial score (nSPS) is 12.3. The lowest BCUT2D eigenvalue weighted by atomic mass is 10.2. The van der Waals surface area contributed by atoms with Crippen LogP contribution in [-0.2, 0) is 26.7 Å². The van der Waals surface area contributed by atoms with Crippen LogP contribution in [0.5, 0.6) is 5.75 Å². The molecule has 2 aromatic carbocycles. The molecule has 0 aliphatic rings. The van der Waals surface area contributed by atoms with E-state index in [0.29, 0.717) is 6.54 Å². The molecule has 0 aliphatic heterocycles. The van der Waals surface area contributed by atoms with E-state index in [2.05, 4.69) is 27.4 Å². The van der Waals surface area contributed by atoms with Crippen molar-refractivity contribution >= 4 is 0 Å². The predicted molar refractivity (Wildman–Crippen MR) is 119 cm³/mol. The molecule has 1 heterocycles. The van der Waals surface area contributed by atoms with Crippen molar-refractivity contribution in [3.05, 3.63) is 83.2 Å². The highest BCUT2D eigenvalue weighted by atomic mass is 16.5. The number of likely N-dealkylation sites (N-methyl/N-ethyl adjacent to an activating group) is 1. The van der Waals surface area contributed by atoms with Crippen LogP contribution in [0.1, 0.15) is 22.4 Å². The highest BCUT2D eigenvalue weighted by molar-refractivity contribution is 5.27. The number of aryl methyl sites for hydroxylation is 2. The molecule has 0 unspecified atom stereocenters. The summed E-state index contributed by atoms with van der Waals surface area (Å²) in [5.41, 5.74) is 4.69. The van der Waals surface area contributed by atoms with Gasteiger partial charge in [-0.15, -0.1) is 0 Å². The molecule has 0 fully saturated rings. The van der Waals surface area contributed by atoms with Gasteiger partial charge >= 0.3 is 0 Å². The quantitative estimate of drug-likeness (QED) is 0.511. The number of hydrogen-bond acceptors (Lipinski definition) is 5. The topological polar surface area (TPSA) is 62.6 Å². The Hall–Kier alpha value is -2.67. The van der Waals surface area contributed by atoms with E-state index in [1.54, 1.807) is 0 Å². The van der Waals surface area contributed by atoms with Crippen molar-refractivity contribution in [3.8, 4) is 5.75 Å². The number of rotatable bonds is 11. The Balaban J connectivity index is 1.37. The number of nitrogens with zero attached hydrogens (tertiary/aromatic N) is 3. The summed E-state index contributed by atoms with van der Waals surface area (Å²) < 4.78 is 7.60. The molecule has 0 radical (unpaired) electrons. The van der Waals surface area contributed by atoms with Gasteiger partial charge in [0.05, 0.1) is 5.69 Å². The highest BCUT2D eigenvalue weighted by Crippen LogP contribution is 2.13. The van der Waals surface area contributed by atoms with Crippen LogP contribution in [0.15, 0.2) is 60.8 Å². The zero-order valence-electron chi connectivity index (χ0n) is 18.1. The van der Waals surface area contributed by atoms with E-state index in [-0.39, 0.29) is 6.61 Å². The average Bonchev–Trinajstić information content (AvgIpc) is 3.05. The van der Waals surface area contributed by atoms with Crippen LogP contribution in [0.25, 0.3) is 0 Å². The fraction of sp³-hybridized carbons (Fsp3) is 0.375. The van der Waals surface area contributed by atoms with Crippen molar-refractivity contribution in [1.29, 1.82) is 0 Å². The number of hydrogen-bond donors (Lipinski definition) is 2. The van der Waals surface area contributed by atoms with Crippen molar-refractivity contribution in [3.63, 3.8) is 0 Å². The minimum atomic E-state index is -0.539. The molecular formula is C24H32N4O2. The van der Waals surface area contributed by atoms with Crippen LogP contribution < -0.4 is 10.1 Å². The molecule has 3 aromatic rings. The molecule has 3 rings (SSSR count). The van der Waals surface area contributed by atoms with Gasteiger partial charge in [0.15, 0.2) is 0 Å². The first-order valence-corrected chi connectivity index (χ1v) is 10.3. The SMILES string of the molecule is Cc1nn(C)cc1CNCc1ccc(OC[C@H](O)CN(C)Cc2ccccc2)cc1. The molecule has 0 amide bonds. The van der Waals surface area contributed by atoms with Crippen LogP contribution in [-0.4, -0.2) is 46.1 Å². The fourth-order valence-electron chi connectivity index (χ4n) is 3.43. The minimum Gasteiger partial charge on any atom is -0.491 e. The largest absolute Gasteiger partial charge is 0.491 e. The number of ether oxygens (including phenoxy) is 1. The Morgan fingerprint density at radius 3 is 2.47 bits per heavy atom. The second-order valence-corrected chi connectivity index (χ2v) is 7.81. The summed E-state index contributed by atoms with van der Waals surface area (Å²) >= 11 is 0. The van der Waals surface area contributed by atoms with Crippen LogP contribution >= 0.6 is 0 Å². The van der Waals surface area contributed by atoms with Gasteiger partial charge in [-0.25, -0.2) is 0 Å². The van der Waals surface area contributed by atoms with Crippen LogP contribution in [0.3, 0.4) is 0 Å². The molecule has 1 aromatic heterocycles. The molecule has 2 N–H and O–H groups in total. The molecule has 0 spiro atoms. The van der Waals surface area contributed by atoms with Gasteiger partial charge in [0, 0.05) is 45.0 Å². The summed E-state index contributed by atoms with van der Waals surface area (Å²) in [6.07, 6.45) is 1.50. The van der Waals surface area contributed by atoms with Crippen molar-refractivity contribution in [2.24, 2.45) is 7.05 Å². The fourth-order valence-corrected chi connectivity index (χ4v) is 3.43. The molecule has 1 atom stereocenters. The van der Waals surface area contributed by atoms with Crippen LogP contribution in [0, 0.1) is 6.92 Å². The third-order valence-electron chi connectivity index (χ3n) is 4.94. The molecule has 0 saturated carbocycles. The van der Waals surface area contributed by atoms with Crippen molar-refractivity contribution in [2.45, 2.75) is 32.7 Å². The summed E-state index contributed by atoms with van der Waals surface area (Å²) in [5.74, 6) is 0.770. The Bertz CT molecular complexity index is 893. The van der Waals surface area contributed by atoms with E-state index in [4.69, 9.17) is 4.74 Å².